The summed E-state index contributed by atoms with van der Waals surface area (Å²) in [5, 5.41) is 15.2. The molecule has 2 rings (SSSR count). The summed E-state index contributed by atoms with van der Waals surface area (Å²) >= 11 is 0. The Morgan fingerprint density at radius 1 is 1.06 bits per heavy atom. The summed E-state index contributed by atoms with van der Waals surface area (Å²) in [7, 11) is 0. The standard InChI is InChI=1S/C22H34F5N3O5/c1-20(2,3)35-19(34)30-10-8-12(22(25,26)27)11-15(30)17(32)29-14(7-9-21(4,23)24)16(31)18(33)28-13-5-6-13/h12-16,31H,5-11H2,1-4H3,(H,28,33)(H,29,32)/t12-,14+,15+,16+/m1/s1. The number of piperidine rings is 1. The van der Waals surface area contributed by atoms with Gasteiger partial charge in [0.05, 0.1) is 12.0 Å². The number of hydrogen-bond donors (Lipinski definition) is 3. The molecule has 8 nitrogen and oxygen atoms in total. The van der Waals surface area contributed by atoms with Crippen LogP contribution in [-0.2, 0) is 14.3 Å². The highest BCUT2D eigenvalue weighted by atomic mass is 19.4. The predicted molar refractivity (Wildman–Crippen MR) is 114 cm³/mol. The second kappa shape index (κ2) is 10.8. The minimum atomic E-state index is -4.62. The van der Waals surface area contributed by atoms with Gasteiger partial charge in [0.15, 0.2) is 6.10 Å². The van der Waals surface area contributed by atoms with Crippen molar-refractivity contribution in [2.75, 3.05) is 6.54 Å². The highest BCUT2D eigenvalue weighted by Crippen LogP contribution is 2.37. The molecule has 202 valence electrons. The molecule has 2 fully saturated rings. The first-order chi connectivity index (χ1) is 15.9. The summed E-state index contributed by atoms with van der Waals surface area (Å²) in [6.07, 6.45) is -8.66. The highest BCUT2D eigenvalue weighted by molar-refractivity contribution is 5.88. The lowest BCUT2D eigenvalue weighted by Crippen LogP contribution is -2.59. The number of carbonyl (C=O) groups excluding carboxylic acids is 3. The van der Waals surface area contributed by atoms with E-state index in [-0.39, 0.29) is 6.04 Å². The maximum atomic E-state index is 13.5. The van der Waals surface area contributed by atoms with E-state index in [0.717, 1.165) is 4.90 Å². The van der Waals surface area contributed by atoms with Gasteiger partial charge in [0.25, 0.3) is 5.91 Å². The third kappa shape index (κ3) is 9.42. The van der Waals surface area contributed by atoms with E-state index in [0.29, 0.717) is 19.8 Å². The van der Waals surface area contributed by atoms with E-state index in [1.54, 1.807) is 20.8 Å². The fraction of sp³-hybridized carbons (Fsp3) is 0.864. The molecule has 1 aliphatic carbocycles. The number of carbonyl (C=O) groups is 3. The van der Waals surface area contributed by atoms with Gasteiger partial charge < -0.3 is 20.5 Å². The molecule has 35 heavy (non-hydrogen) atoms. The van der Waals surface area contributed by atoms with Gasteiger partial charge in [-0.05, 0) is 59.8 Å². The Bertz CT molecular complexity index is 777. The summed E-state index contributed by atoms with van der Waals surface area (Å²) in [5.74, 6) is -7.02. The lowest BCUT2D eigenvalue weighted by Gasteiger charge is -2.40. The van der Waals surface area contributed by atoms with E-state index < -0.39 is 91.9 Å². The molecular weight excluding hydrogens is 481 g/mol. The predicted octanol–water partition coefficient (Wildman–Crippen LogP) is 3.12. The van der Waals surface area contributed by atoms with Gasteiger partial charge >= 0.3 is 12.3 Å². The van der Waals surface area contributed by atoms with Gasteiger partial charge in [-0.3, -0.25) is 14.5 Å². The van der Waals surface area contributed by atoms with Gasteiger partial charge in [0, 0.05) is 19.0 Å². The van der Waals surface area contributed by atoms with Gasteiger partial charge in [-0.2, -0.15) is 13.2 Å². The molecule has 2 aliphatic rings. The van der Waals surface area contributed by atoms with E-state index in [9.17, 15) is 41.4 Å². The Balaban J connectivity index is 2.23. The molecule has 1 heterocycles. The smallest absolute Gasteiger partial charge is 0.410 e. The Morgan fingerprint density at radius 3 is 2.14 bits per heavy atom. The number of aliphatic hydroxyl groups is 1. The molecule has 0 radical (unpaired) electrons. The Morgan fingerprint density at radius 2 is 1.66 bits per heavy atom. The monoisotopic (exact) mass is 515 g/mol. The van der Waals surface area contributed by atoms with Gasteiger partial charge in [-0.1, -0.05) is 0 Å². The van der Waals surface area contributed by atoms with Gasteiger partial charge in [0.2, 0.25) is 11.8 Å². The number of amides is 3. The number of alkyl halides is 5. The molecule has 0 aromatic carbocycles. The van der Waals surface area contributed by atoms with Gasteiger partial charge in [-0.15, -0.1) is 0 Å². The summed E-state index contributed by atoms with van der Waals surface area (Å²) in [4.78, 5) is 38.9. The molecule has 1 saturated carbocycles. The first-order valence-electron chi connectivity index (χ1n) is 11.6. The normalized spacial score (nSPS) is 23.3. The Hall–Kier alpha value is -2.18. The van der Waals surface area contributed by atoms with E-state index in [4.69, 9.17) is 4.74 Å². The lowest BCUT2D eigenvalue weighted by atomic mass is 9.89. The van der Waals surface area contributed by atoms with Crippen LogP contribution in [0.5, 0.6) is 0 Å². The maximum absolute atomic E-state index is 13.5. The topological polar surface area (TPSA) is 108 Å². The number of nitrogens with zero attached hydrogens (tertiary/aromatic N) is 1. The van der Waals surface area contributed by atoms with E-state index in [2.05, 4.69) is 10.6 Å². The molecule has 0 bridgehead atoms. The number of hydrogen-bond acceptors (Lipinski definition) is 5. The van der Waals surface area contributed by atoms with Crippen molar-refractivity contribution in [1.29, 1.82) is 0 Å². The first kappa shape index (κ1) is 29.1. The van der Waals surface area contributed by atoms with Gasteiger partial charge in [-0.25, -0.2) is 13.6 Å². The summed E-state index contributed by atoms with van der Waals surface area (Å²) in [6.45, 7) is 4.87. The molecular formula is C22H34F5N3O5. The van der Waals surface area contributed by atoms with Gasteiger partial charge in [0.1, 0.15) is 11.6 Å². The molecule has 0 unspecified atom stereocenters. The molecule has 0 aromatic heterocycles. The van der Waals surface area contributed by atoms with Crippen LogP contribution in [0.15, 0.2) is 0 Å². The second-order valence-electron chi connectivity index (χ2n) is 10.4. The van der Waals surface area contributed by atoms with Crippen LogP contribution >= 0.6 is 0 Å². The second-order valence-corrected chi connectivity index (χ2v) is 10.4. The van der Waals surface area contributed by atoms with Crippen molar-refractivity contribution in [3.63, 3.8) is 0 Å². The van der Waals surface area contributed by atoms with Crippen LogP contribution in [-0.4, -0.2) is 76.4 Å². The molecule has 13 heteroatoms. The molecule has 0 aromatic rings. The van der Waals surface area contributed by atoms with Crippen LogP contribution in [0, 0.1) is 5.92 Å². The average molecular weight is 516 g/mol. The number of ether oxygens (including phenoxy) is 1. The molecule has 1 aliphatic heterocycles. The van der Waals surface area contributed by atoms with E-state index >= 15 is 0 Å². The Labute approximate surface area is 200 Å². The first-order valence-corrected chi connectivity index (χ1v) is 11.6. The van der Waals surface area contributed by atoms with E-state index in [1.165, 1.54) is 0 Å². The van der Waals surface area contributed by atoms with Crippen molar-refractivity contribution in [1.82, 2.24) is 15.5 Å². The minimum absolute atomic E-state index is 0.158. The van der Waals surface area contributed by atoms with Crippen molar-refractivity contribution in [2.24, 2.45) is 5.92 Å². The number of nitrogens with one attached hydrogen (secondary N) is 2. The van der Waals surface area contributed by atoms with Crippen LogP contribution in [0.3, 0.4) is 0 Å². The number of likely N-dealkylation sites (tertiary alicyclic amines) is 1. The third-order valence-corrected chi connectivity index (χ3v) is 5.79. The summed E-state index contributed by atoms with van der Waals surface area (Å²) in [5.41, 5.74) is -0.981. The number of aliphatic hydroxyl groups excluding tert-OH is 1. The fourth-order valence-electron chi connectivity index (χ4n) is 3.74. The van der Waals surface area contributed by atoms with Crippen molar-refractivity contribution in [2.45, 2.75) is 108 Å². The van der Waals surface area contributed by atoms with Crippen molar-refractivity contribution >= 4 is 17.9 Å². The van der Waals surface area contributed by atoms with Crippen LogP contribution in [0.25, 0.3) is 0 Å². The minimum Gasteiger partial charge on any atom is -0.444 e. The van der Waals surface area contributed by atoms with Crippen molar-refractivity contribution in [3.05, 3.63) is 0 Å². The Kier molecular flexibility index (Phi) is 8.99. The van der Waals surface area contributed by atoms with Crippen molar-refractivity contribution < 1.29 is 46.2 Å². The van der Waals surface area contributed by atoms with Crippen LogP contribution in [0.2, 0.25) is 0 Å². The molecule has 0 spiro atoms. The number of halogens is 5. The summed E-state index contributed by atoms with van der Waals surface area (Å²) in [6, 6.07) is -3.29. The summed E-state index contributed by atoms with van der Waals surface area (Å²) < 4.78 is 72.4. The van der Waals surface area contributed by atoms with Crippen LogP contribution in [0.4, 0.5) is 26.7 Å². The average Bonchev–Trinajstić information content (AvgIpc) is 3.51. The third-order valence-electron chi connectivity index (χ3n) is 5.79. The van der Waals surface area contributed by atoms with E-state index in [1.807, 2.05) is 0 Å². The quantitative estimate of drug-likeness (QED) is 0.431. The maximum Gasteiger partial charge on any atom is 0.410 e. The van der Waals surface area contributed by atoms with Crippen LogP contribution < -0.4 is 10.6 Å². The molecule has 1 saturated heterocycles. The number of rotatable bonds is 8. The zero-order valence-corrected chi connectivity index (χ0v) is 20.3. The zero-order chi connectivity index (χ0) is 26.8. The largest absolute Gasteiger partial charge is 0.444 e. The lowest BCUT2D eigenvalue weighted by molar-refractivity contribution is -0.189. The zero-order valence-electron chi connectivity index (χ0n) is 20.3. The molecule has 4 atom stereocenters. The van der Waals surface area contributed by atoms with Crippen LogP contribution in [0.1, 0.15) is 66.2 Å². The molecule has 3 N–H and O–H groups in total. The fourth-order valence-corrected chi connectivity index (χ4v) is 3.74. The SMILES string of the molecule is CC(F)(F)CC[C@H](NC(=O)[C@@H]1C[C@H](C(F)(F)F)CCN1C(=O)OC(C)(C)C)[C@H](O)C(=O)NC1CC1. The van der Waals surface area contributed by atoms with Crippen molar-refractivity contribution in [3.8, 4) is 0 Å². The highest BCUT2D eigenvalue weighted by Gasteiger charge is 2.48. The molecule has 3 amide bonds.